The fourth-order valence-electron chi connectivity index (χ4n) is 2.26. The summed E-state index contributed by atoms with van der Waals surface area (Å²) < 4.78 is 22.9. The van der Waals surface area contributed by atoms with E-state index in [0.29, 0.717) is 12.5 Å². The molecule has 0 radical (unpaired) electrons. The van der Waals surface area contributed by atoms with Crippen molar-refractivity contribution in [2.75, 3.05) is 13.1 Å². The molecule has 1 heterocycles. The maximum atomic E-state index is 11.4. The van der Waals surface area contributed by atoms with E-state index in [2.05, 4.69) is 15.6 Å². The highest BCUT2D eigenvalue weighted by atomic mass is 32.2. The molecule has 142 valence electrons. The van der Waals surface area contributed by atoms with Gasteiger partial charge >= 0.3 is 0 Å². The minimum atomic E-state index is -3.74. The van der Waals surface area contributed by atoms with Crippen molar-refractivity contribution < 1.29 is 13.5 Å². The van der Waals surface area contributed by atoms with Crippen LogP contribution in [0.3, 0.4) is 0 Å². The number of nitrogens with one attached hydrogen (secondary N) is 2. The van der Waals surface area contributed by atoms with E-state index < -0.39 is 15.6 Å². The maximum absolute atomic E-state index is 11.4. The van der Waals surface area contributed by atoms with Crippen LogP contribution in [0.1, 0.15) is 25.0 Å². The third-order valence-electron chi connectivity index (χ3n) is 3.73. The summed E-state index contributed by atoms with van der Waals surface area (Å²) in [5.41, 5.74) is 0.536. The lowest BCUT2D eigenvalue weighted by molar-refractivity contribution is 0.0621. The molecule has 0 amide bonds. The van der Waals surface area contributed by atoms with Gasteiger partial charge in [0, 0.05) is 6.54 Å². The highest BCUT2D eigenvalue weighted by molar-refractivity contribution is 7.89. The van der Waals surface area contributed by atoms with Crippen LogP contribution in [0, 0.1) is 0 Å². The van der Waals surface area contributed by atoms with Gasteiger partial charge in [-0.15, -0.1) is 0 Å². The summed E-state index contributed by atoms with van der Waals surface area (Å²) in [4.78, 5) is 4.50. The quantitative estimate of drug-likeness (QED) is 0.416. The summed E-state index contributed by atoms with van der Waals surface area (Å²) in [7, 11) is -3.74. The second-order valence-corrected chi connectivity index (χ2v) is 8.37. The van der Waals surface area contributed by atoms with Crippen molar-refractivity contribution in [3.8, 4) is 0 Å². The van der Waals surface area contributed by atoms with Crippen molar-refractivity contribution in [2.24, 2.45) is 10.1 Å². The normalized spacial score (nSPS) is 14.7. The van der Waals surface area contributed by atoms with Crippen LogP contribution in [-0.2, 0) is 22.2 Å². The number of hydrogen-bond acceptors (Lipinski definition) is 5. The number of benzene rings is 1. The minimum Gasteiger partial charge on any atom is -0.384 e. The number of sulfonamides is 1. The first-order chi connectivity index (χ1) is 12.2. The number of primary sulfonamides is 1. The first-order valence-electron chi connectivity index (χ1n) is 8.11. The van der Waals surface area contributed by atoms with Crippen molar-refractivity contribution in [3.05, 3.63) is 52.2 Å². The summed E-state index contributed by atoms with van der Waals surface area (Å²) in [6.45, 7) is 4.90. The SMILES string of the molecule is CCNC(=NCc1cccc(S(N)(=O)=O)c1)NCC(C)(O)c1ccsc1. The summed E-state index contributed by atoms with van der Waals surface area (Å²) >= 11 is 1.53. The highest BCUT2D eigenvalue weighted by Crippen LogP contribution is 2.22. The molecule has 0 aliphatic rings. The number of rotatable bonds is 7. The molecule has 2 rings (SSSR count). The van der Waals surface area contributed by atoms with E-state index in [1.807, 2.05) is 23.8 Å². The molecule has 0 spiro atoms. The molecule has 1 aromatic heterocycles. The Morgan fingerprint density at radius 3 is 2.73 bits per heavy atom. The average Bonchev–Trinajstić information content (AvgIpc) is 3.12. The zero-order chi connectivity index (χ0) is 19.2. The van der Waals surface area contributed by atoms with Gasteiger partial charge in [0.2, 0.25) is 10.0 Å². The number of thiophene rings is 1. The number of nitrogens with two attached hydrogens (primary N) is 1. The third-order valence-corrected chi connectivity index (χ3v) is 5.33. The van der Waals surface area contributed by atoms with E-state index in [1.165, 1.54) is 23.5 Å². The van der Waals surface area contributed by atoms with Crippen molar-refractivity contribution in [1.29, 1.82) is 0 Å². The van der Waals surface area contributed by atoms with Crippen LogP contribution in [0.15, 0.2) is 51.0 Å². The van der Waals surface area contributed by atoms with Crippen LogP contribution in [0.2, 0.25) is 0 Å². The molecule has 0 bridgehead atoms. The lowest BCUT2D eigenvalue weighted by Gasteiger charge is -2.24. The van der Waals surface area contributed by atoms with E-state index in [-0.39, 0.29) is 18.0 Å². The van der Waals surface area contributed by atoms with Crippen molar-refractivity contribution in [2.45, 2.75) is 30.9 Å². The molecule has 9 heteroatoms. The number of aliphatic imine (C=N–C) groups is 1. The Hall–Kier alpha value is -1.94. The molecule has 0 fully saturated rings. The molecule has 5 N–H and O–H groups in total. The van der Waals surface area contributed by atoms with E-state index >= 15 is 0 Å². The monoisotopic (exact) mass is 396 g/mol. The molecular weight excluding hydrogens is 372 g/mol. The summed E-state index contributed by atoms with van der Waals surface area (Å²) in [6, 6.07) is 8.25. The second kappa shape index (κ2) is 8.63. The minimum absolute atomic E-state index is 0.0588. The molecule has 0 saturated heterocycles. The van der Waals surface area contributed by atoms with Crippen LogP contribution < -0.4 is 15.8 Å². The lowest BCUT2D eigenvalue weighted by Crippen LogP contribution is -2.44. The van der Waals surface area contributed by atoms with Crippen molar-refractivity contribution in [1.82, 2.24) is 10.6 Å². The Labute approximate surface area is 158 Å². The third kappa shape index (κ3) is 5.80. The maximum Gasteiger partial charge on any atom is 0.238 e. The standard InChI is InChI=1S/C17H24N4O3S2/c1-3-19-16(21-12-17(2,22)14-7-8-25-11-14)20-10-13-5-4-6-15(9-13)26(18,23)24/h4-9,11,22H,3,10,12H2,1-2H3,(H2,18,23,24)(H2,19,20,21). The summed E-state index contributed by atoms with van der Waals surface area (Å²) in [5, 5.41) is 25.8. The number of nitrogens with zero attached hydrogens (tertiary/aromatic N) is 1. The zero-order valence-electron chi connectivity index (χ0n) is 14.8. The van der Waals surface area contributed by atoms with Crippen molar-refractivity contribution in [3.63, 3.8) is 0 Å². The van der Waals surface area contributed by atoms with E-state index in [4.69, 9.17) is 5.14 Å². The van der Waals surface area contributed by atoms with E-state index in [9.17, 15) is 13.5 Å². The van der Waals surface area contributed by atoms with E-state index in [1.54, 1.807) is 19.1 Å². The van der Waals surface area contributed by atoms with Crippen molar-refractivity contribution >= 4 is 27.3 Å². The van der Waals surface area contributed by atoms with Gasteiger partial charge in [0.25, 0.3) is 0 Å². The Morgan fingerprint density at radius 2 is 2.12 bits per heavy atom. The van der Waals surface area contributed by atoms with Gasteiger partial charge in [-0.25, -0.2) is 18.5 Å². The molecule has 7 nitrogen and oxygen atoms in total. The Kier molecular flexibility index (Phi) is 6.76. The van der Waals surface area contributed by atoms with Gasteiger partial charge in [-0.1, -0.05) is 12.1 Å². The summed E-state index contributed by atoms with van der Waals surface area (Å²) in [6.07, 6.45) is 0. The predicted molar refractivity (Wildman–Crippen MR) is 105 cm³/mol. The van der Waals surface area contributed by atoms with Gasteiger partial charge in [0.1, 0.15) is 5.60 Å². The molecule has 2 aromatic rings. The predicted octanol–water partition coefficient (Wildman–Crippen LogP) is 1.36. The topological polar surface area (TPSA) is 117 Å². The van der Waals surface area contributed by atoms with Gasteiger partial charge in [0.15, 0.2) is 5.96 Å². The fraction of sp³-hybridized carbons (Fsp3) is 0.353. The zero-order valence-corrected chi connectivity index (χ0v) is 16.4. The summed E-state index contributed by atoms with van der Waals surface area (Å²) in [5.74, 6) is 0.531. The first kappa shape index (κ1) is 20.4. The van der Waals surface area contributed by atoms with Gasteiger partial charge in [-0.05, 0) is 53.9 Å². The molecule has 0 saturated carbocycles. The van der Waals surface area contributed by atoms with Crippen LogP contribution in [0.4, 0.5) is 0 Å². The van der Waals surface area contributed by atoms with Crippen LogP contribution in [0.5, 0.6) is 0 Å². The van der Waals surface area contributed by atoms with Crippen LogP contribution >= 0.6 is 11.3 Å². The number of guanidine groups is 1. The Balaban J connectivity index is 2.07. The number of hydrogen-bond donors (Lipinski definition) is 4. The highest BCUT2D eigenvalue weighted by Gasteiger charge is 2.23. The van der Waals surface area contributed by atoms with Gasteiger partial charge in [-0.2, -0.15) is 11.3 Å². The van der Waals surface area contributed by atoms with E-state index in [0.717, 1.165) is 11.1 Å². The lowest BCUT2D eigenvalue weighted by atomic mass is 9.99. The Bertz CT molecular complexity index is 847. The van der Waals surface area contributed by atoms with Gasteiger partial charge in [0.05, 0.1) is 18.0 Å². The van der Waals surface area contributed by atoms with Crippen LogP contribution in [0.25, 0.3) is 0 Å². The molecule has 1 atom stereocenters. The largest absolute Gasteiger partial charge is 0.384 e. The molecular formula is C17H24N4O3S2. The van der Waals surface area contributed by atoms with Crippen LogP contribution in [-0.4, -0.2) is 32.6 Å². The molecule has 0 aliphatic heterocycles. The molecule has 0 aliphatic carbocycles. The Morgan fingerprint density at radius 1 is 1.35 bits per heavy atom. The average molecular weight is 397 g/mol. The molecule has 1 aromatic carbocycles. The van der Waals surface area contributed by atoms with Gasteiger partial charge in [-0.3, -0.25) is 0 Å². The fourth-order valence-corrected chi connectivity index (χ4v) is 3.63. The first-order valence-corrected chi connectivity index (χ1v) is 10.6. The second-order valence-electron chi connectivity index (χ2n) is 6.03. The smallest absolute Gasteiger partial charge is 0.238 e. The molecule has 1 unspecified atom stereocenters. The van der Waals surface area contributed by atoms with Gasteiger partial charge < -0.3 is 15.7 Å². The molecule has 26 heavy (non-hydrogen) atoms. The number of aliphatic hydroxyl groups is 1.